The first-order chi connectivity index (χ1) is 10.4. The molecule has 0 heterocycles. The predicted octanol–water partition coefficient (Wildman–Crippen LogP) is 0.898. The van der Waals surface area contributed by atoms with Crippen LogP contribution in [-0.4, -0.2) is 35.4 Å². The Balaban J connectivity index is 3.02. The van der Waals surface area contributed by atoms with Crippen molar-refractivity contribution in [2.45, 2.75) is 58.5 Å². The van der Waals surface area contributed by atoms with Crippen LogP contribution in [0.2, 0.25) is 0 Å². The number of aliphatic imine (C=N–C) groups is 1. The zero-order valence-electron chi connectivity index (χ0n) is 13.6. The number of carbonyl (C=O) groups excluding carboxylic acids is 1. The number of nitrogens with two attached hydrogens (primary N) is 1. The predicted molar refractivity (Wildman–Crippen MR) is 85.1 cm³/mol. The lowest BCUT2D eigenvalue weighted by atomic mass is 9.81. The van der Waals surface area contributed by atoms with Crippen LogP contribution in [-0.2, 0) is 9.59 Å². The van der Waals surface area contributed by atoms with Crippen molar-refractivity contribution in [3.05, 3.63) is 0 Å². The van der Waals surface area contributed by atoms with Gasteiger partial charge in [0.25, 0.3) is 0 Å². The van der Waals surface area contributed by atoms with E-state index in [0.29, 0.717) is 18.8 Å². The van der Waals surface area contributed by atoms with Crippen LogP contribution in [0, 0.1) is 17.8 Å². The van der Waals surface area contributed by atoms with Gasteiger partial charge in [0.1, 0.15) is 0 Å². The number of carbonyl (C=O) groups is 2. The molecule has 0 aromatic carbocycles. The highest BCUT2D eigenvalue weighted by Gasteiger charge is 2.43. The summed E-state index contributed by atoms with van der Waals surface area (Å²) >= 11 is 0. The molecule has 0 aromatic heterocycles. The van der Waals surface area contributed by atoms with Gasteiger partial charge in [-0.1, -0.05) is 26.7 Å². The topological polar surface area (TPSA) is 117 Å². The molecule has 0 bridgehead atoms. The molecule has 126 valence electrons. The van der Waals surface area contributed by atoms with Gasteiger partial charge in [-0.15, -0.1) is 0 Å². The van der Waals surface area contributed by atoms with Crippen molar-refractivity contribution in [1.29, 1.82) is 0 Å². The average molecular weight is 312 g/mol. The van der Waals surface area contributed by atoms with E-state index in [-0.39, 0.29) is 23.9 Å². The summed E-state index contributed by atoms with van der Waals surface area (Å²) in [4.78, 5) is 27.3. The molecule has 1 aliphatic rings. The minimum atomic E-state index is -0.797. The summed E-state index contributed by atoms with van der Waals surface area (Å²) in [6.07, 6.45) is 4.28. The summed E-state index contributed by atoms with van der Waals surface area (Å²) in [5, 5.41) is 12.3. The fourth-order valence-electron chi connectivity index (χ4n) is 3.55. The summed E-state index contributed by atoms with van der Waals surface area (Å²) in [5.41, 5.74) is 2.37. The molecule has 5 N–H and O–H groups in total. The molecular formula is C15H28N4O3. The molecule has 0 spiro atoms. The Morgan fingerprint density at radius 3 is 2.45 bits per heavy atom. The Bertz CT molecular complexity index is 410. The van der Waals surface area contributed by atoms with E-state index < -0.39 is 11.9 Å². The number of hydrogen-bond acceptors (Lipinski definition) is 4. The third-order valence-electron chi connectivity index (χ3n) is 4.65. The normalized spacial score (nSPS) is 26.3. The first kappa shape index (κ1) is 18.4. The first-order valence-corrected chi connectivity index (χ1v) is 7.92. The molecule has 0 saturated heterocycles. The zero-order valence-corrected chi connectivity index (χ0v) is 13.6. The van der Waals surface area contributed by atoms with Crippen LogP contribution in [0.15, 0.2) is 4.99 Å². The SMILES string of the molecule is CCC(CC)[C@@H](NC(C)=O)[C@H]1C[C@H](C(=O)O)C[C@@H]1N=CNN. The molecule has 0 aliphatic heterocycles. The van der Waals surface area contributed by atoms with Crippen LogP contribution in [0.3, 0.4) is 0 Å². The Morgan fingerprint density at radius 2 is 2.00 bits per heavy atom. The van der Waals surface area contributed by atoms with E-state index in [1.165, 1.54) is 13.3 Å². The third kappa shape index (κ3) is 4.69. The first-order valence-electron chi connectivity index (χ1n) is 7.92. The minimum Gasteiger partial charge on any atom is -0.481 e. The summed E-state index contributed by atoms with van der Waals surface area (Å²) in [6, 6.07) is -0.202. The molecule has 1 saturated carbocycles. The molecule has 0 aromatic rings. The second-order valence-corrected chi connectivity index (χ2v) is 5.99. The van der Waals surface area contributed by atoms with Crippen LogP contribution in [0.4, 0.5) is 0 Å². The van der Waals surface area contributed by atoms with Crippen molar-refractivity contribution in [3.8, 4) is 0 Å². The molecule has 7 heteroatoms. The molecule has 1 fully saturated rings. The number of nitrogens with zero attached hydrogens (tertiary/aromatic N) is 1. The molecule has 7 nitrogen and oxygen atoms in total. The number of aliphatic carboxylic acids is 1. The number of carboxylic acid groups (broad SMARTS) is 1. The number of carboxylic acids is 1. The van der Waals surface area contributed by atoms with Gasteiger partial charge < -0.3 is 15.8 Å². The number of nitrogens with one attached hydrogen (secondary N) is 2. The smallest absolute Gasteiger partial charge is 0.306 e. The maximum absolute atomic E-state index is 11.6. The Labute approximate surface area is 131 Å². The van der Waals surface area contributed by atoms with Gasteiger partial charge in [0.15, 0.2) is 0 Å². The molecule has 1 amide bonds. The highest BCUT2D eigenvalue weighted by molar-refractivity contribution is 5.73. The van der Waals surface area contributed by atoms with Crippen molar-refractivity contribution in [3.63, 3.8) is 0 Å². The number of rotatable bonds is 8. The molecular weight excluding hydrogens is 284 g/mol. The van der Waals surface area contributed by atoms with Crippen molar-refractivity contribution in [1.82, 2.24) is 10.7 Å². The summed E-state index contributed by atoms with van der Waals surface area (Å²) in [7, 11) is 0. The van der Waals surface area contributed by atoms with Crippen LogP contribution < -0.4 is 16.6 Å². The van der Waals surface area contributed by atoms with Crippen LogP contribution in [0.5, 0.6) is 0 Å². The third-order valence-corrected chi connectivity index (χ3v) is 4.65. The molecule has 1 rings (SSSR count). The Morgan fingerprint density at radius 1 is 1.36 bits per heavy atom. The second-order valence-electron chi connectivity index (χ2n) is 5.99. The number of hydrazine groups is 1. The van der Waals surface area contributed by atoms with E-state index >= 15 is 0 Å². The van der Waals surface area contributed by atoms with Gasteiger partial charge in [0.2, 0.25) is 5.91 Å². The average Bonchev–Trinajstić information content (AvgIpc) is 2.89. The van der Waals surface area contributed by atoms with Gasteiger partial charge in [-0.2, -0.15) is 0 Å². The molecule has 0 unspecified atom stereocenters. The van der Waals surface area contributed by atoms with Gasteiger partial charge in [-0.3, -0.25) is 14.6 Å². The standard InChI is InChI=1S/C15H28N4O3/c1-4-10(5-2)14(19-9(3)20)12-6-11(15(21)22)7-13(12)17-8-18-16/h8,10-14H,4-7,16H2,1-3H3,(H,17,18)(H,19,20)(H,21,22)/t11-,12-,13-,14+/m0/s1. The van der Waals surface area contributed by atoms with E-state index in [4.69, 9.17) is 5.84 Å². The fraction of sp³-hybridized carbons (Fsp3) is 0.800. The molecule has 22 heavy (non-hydrogen) atoms. The van der Waals surface area contributed by atoms with Crippen LogP contribution in [0.25, 0.3) is 0 Å². The lowest BCUT2D eigenvalue weighted by Gasteiger charge is -2.33. The quantitative estimate of drug-likeness (QED) is 0.230. The zero-order chi connectivity index (χ0) is 16.7. The minimum absolute atomic E-state index is 0.0134. The highest BCUT2D eigenvalue weighted by atomic mass is 16.4. The van der Waals surface area contributed by atoms with Crippen LogP contribution in [0.1, 0.15) is 46.5 Å². The lowest BCUT2D eigenvalue weighted by molar-refractivity contribution is -0.141. The van der Waals surface area contributed by atoms with Crippen molar-refractivity contribution >= 4 is 18.2 Å². The largest absolute Gasteiger partial charge is 0.481 e. The number of amides is 1. The Hall–Kier alpha value is -1.63. The van der Waals surface area contributed by atoms with E-state index in [1.807, 2.05) is 0 Å². The summed E-state index contributed by atoms with van der Waals surface area (Å²) < 4.78 is 0. The lowest BCUT2D eigenvalue weighted by Crippen LogP contribution is -2.46. The Kier molecular flexibility index (Phi) is 7.31. The van der Waals surface area contributed by atoms with Crippen molar-refractivity contribution < 1.29 is 14.7 Å². The van der Waals surface area contributed by atoms with E-state index in [0.717, 1.165) is 12.8 Å². The molecule has 4 atom stereocenters. The van der Waals surface area contributed by atoms with E-state index in [1.54, 1.807) is 0 Å². The summed E-state index contributed by atoms with van der Waals surface area (Å²) in [6.45, 7) is 5.68. The monoisotopic (exact) mass is 312 g/mol. The van der Waals surface area contributed by atoms with Gasteiger partial charge >= 0.3 is 5.97 Å². The maximum atomic E-state index is 11.6. The van der Waals surface area contributed by atoms with Crippen LogP contribution >= 0.6 is 0 Å². The van der Waals surface area contributed by atoms with Crippen molar-refractivity contribution in [2.24, 2.45) is 28.6 Å². The molecule has 1 aliphatic carbocycles. The summed E-state index contributed by atoms with van der Waals surface area (Å²) in [5.74, 6) is 4.25. The molecule has 0 radical (unpaired) electrons. The fourth-order valence-corrected chi connectivity index (χ4v) is 3.55. The van der Waals surface area contributed by atoms with Crippen molar-refractivity contribution in [2.75, 3.05) is 0 Å². The van der Waals surface area contributed by atoms with E-state index in [2.05, 4.69) is 29.6 Å². The van der Waals surface area contributed by atoms with Gasteiger partial charge in [-0.05, 0) is 18.8 Å². The van der Waals surface area contributed by atoms with Gasteiger partial charge in [0.05, 0.1) is 18.3 Å². The van der Waals surface area contributed by atoms with Gasteiger partial charge in [-0.25, -0.2) is 5.84 Å². The highest BCUT2D eigenvalue weighted by Crippen LogP contribution is 2.39. The van der Waals surface area contributed by atoms with E-state index in [9.17, 15) is 14.7 Å². The van der Waals surface area contributed by atoms with Gasteiger partial charge in [0, 0.05) is 18.9 Å². The maximum Gasteiger partial charge on any atom is 0.306 e. The second kappa shape index (κ2) is 8.73. The number of hydrogen-bond donors (Lipinski definition) is 4.